The van der Waals surface area contributed by atoms with Gasteiger partial charge in [-0.3, -0.25) is 0 Å². The highest BCUT2D eigenvalue weighted by atomic mass is 16.5. The third-order valence-electron chi connectivity index (χ3n) is 2.14. The van der Waals surface area contributed by atoms with E-state index in [1.165, 1.54) is 6.08 Å². The summed E-state index contributed by atoms with van der Waals surface area (Å²) < 4.78 is 10.2. The summed E-state index contributed by atoms with van der Waals surface area (Å²) in [5, 5.41) is 8.99. The van der Waals surface area contributed by atoms with Crippen molar-refractivity contribution in [2.45, 2.75) is 13.8 Å². The second kappa shape index (κ2) is 7.13. The largest absolute Gasteiger partial charge is 0.492 e. The lowest BCUT2D eigenvalue weighted by atomic mass is 10.1. The van der Waals surface area contributed by atoms with Crippen LogP contribution in [0.25, 0.3) is 6.08 Å². The first kappa shape index (κ1) is 13.8. The van der Waals surface area contributed by atoms with Gasteiger partial charge in [-0.25, -0.2) is 4.79 Å². The fourth-order valence-corrected chi connectivity index (χ4v) is 1.43. The summed E-state index contributed by atoms with van der Waals surface area (Å²) in [6.45, 7) is 4.37. The van der Waals surface area contributed by atoms with E-state index in [1.807, 2.05) is 6.92 Å². The van der Waals surface area contributed by atoms with Crippen LogP contribution in [0.2, 0.25) is 0 Å². The van der Waals surface area contributed by atoms with Crippen molar-refractivity contribution in [1.82, 2.24) is 0 Å². The van der Waals surface area contributed by atoms with E-state index in [4.69, 9.17) is 14.7 Å². The normalized spacial score (nSPS) is 10.1. The summed E-state index contributed by atoms with van der Waals surface area (Å²) in [4.78, 5) is 11.2. The van der Waals surface area contributed by atoms with Crippen molar-refractivity contribution in [3.05, 3.63) is 35.4 Å². The van der Waals surface area contributed by atoms with Gasteiger partial charge in [-0.05, 0) is 26.0 Å². The molecule has 0 aliphatic rings. The highest BCUT2D eigenvalue weighted by Crippen LogP contribution is 2.24. The lowest BCUT2D eigenvalue weighted by Crippen LogP contribution is -2.00. The van der Waals surface area contributed by atoms with Gasteiger partial charge in [0.25, 0.3) is 0 Å². The molecule has 0 radical (unpaired) electrons. The number of hydrogen-bond acceptors (Lipinski definition) is 4. The maximum absolute atomic E-state index is 11.2. The van der Waals surface area contributed by atoms with Crippen molar-refractivity contribution in [3.63, 3.8) is 0 Å². The van der Waals surface area contributed by atoms with E-state index >= 15 is 0 Å². The van der Waals surface area contributed by atoms with Gasteiger partial charge in [0.1, 0.15) is 11.8 Å². The van der Waals surface area contributed by atoms with Crippen LogP contribution >= 0.6 is 0 Å². The first-order valence-electron chi connectivity index (χ1n) is 5.73. The van der Waals surface area contributed by atoms with E-state index in [0.717, 1.165) is 0 Å². The van der Waals surface area contributed by atoms with E-state index in [0.29, 0.717) is 30.1 Å². The molecule has 0 bridgehead atoms. The predicted molar refractivity (Wildman–Crippen MR) is 68.0 cm³/mol. The molecule has 1 rings (SSSR count). The van der Waals surface area contributed by atoms with Gasteiger partial charge in [0.2, 0.25) is 0 Å². The third-order valence-corrected chi connectivity index (χ3v) is 2.14. The molecule has 4 heteroatoms. The van der Waals surface area contributed by atoms with Crippen LogP contribution in [0.1, 0.15) is 25.0 Å². The maximum atomic E-state index is 11.2. The van der Waals surface area contributed by atoms with E-state index < -0.39 is 5.97 Å². The molecule has 0 saturated heterocycles. The molecule has 0 heterocycles. The highest BCUT2D eigenvalue weighted by molar-refractivity contribution is 5.87. The van der Waals surface area contributed by atoms with Gasteiger partial charge in [0, 0.05) is 11.6 Å². The van der Waals surface area contributed by atoms with Crippen molar-refractivity contribution in [3.8, 4) is 11.8 Å². The van der Waals surface area contributed by atoms with Crippen molar-refractivity contribution in [2.24, 2.45) is 0 Å². The summed E-state index contributed by atoms with van der Waals surface area (Å²) in [5.41, 5.74) is 1.13. The number of para-hydroxylation sites is 1. The predicted octanol–water partition coefficient (Wildman–Crippen LogP) is 2.53. The summed E-state index contributed by atoms with van der Waals surface area (Å²) in [7, 11) is 0. The Bertz CT molecular complexity index is 486. The number of nitriles is 1. The summed E-state index contributed by atoms with van der Waals surface area (Å²) in [6, 6.07) is 7.25. The molecule has 0 unspecified atom stereocenters. The van der Waals surface area contributed by atoms with Crippen LogP contribution in [0.5, 0.6) is 5.75 Å². The van der Waals surface area contributed by atoms with Crippen LogP contribution in [0.15, 0.2) is 24.3 Å². The summed E-state index contributed by atoms with van der Waals surface area (Å²) in [5.74, 6) is 0.0744. The Labute approximate surface area is 106 Å². The Hall–Kier alpha value is -2.28. The molecule has 4 nitrogen and oxygen atoms in total. The maximum Gasteiger partial charge on any atom is 0.330 e. The molecule has 0 aromatic heterocycles. The van der Waals surface area contributed by atoms with Crippen molar-refractivity contribution < 1.29 is 14.3 Å². The number of ether oxygens (including phenoxy) is 2. The van der Waals surface area contributed by atoms with E-state index in [2.05, 4.69) is 6.07 Å². The lowest BCUT2D eigenvalue weighted by molar-refractivity contribution is -0.137. The second-order valence-corrected chi connectivity index (χ2v) is 3.35. The van der Waals surface area contributed by atoms with Gasteiger partial charge in [0.15, 0.2) is 0 Å². The van der Waals surface area contributed by atoms with E-state index in [1.54, 1.807) is 31.2 Å². The molecule has 0 atom stereocenters. The fourth-order valence-electron chi connectivity index (χ4n) is 1.43. The summed E-state index contributed by atoms with van der Waals surface area (Å²) in [6.07, 6.45) is 2.91. The zero-order chi connectivity index (χ0) is 13.4. The minimum absolute atomic E-state index is 0.333. The fraction of sp³-hybridized carbons (Fsp3) is 0.286. The minimum Gasteiger partial charge on any atom is -0.492 e. The van der Waals surface area contributed by atoms with Gasteiger partial charge in [0.05, 0.1) is 18.8 Å². The quantitative estimate of drug-likeness (QED) is 0.590. The average Bonchev–Trinajstić information content (AvgIpc) is 2.38. The molecule has 0 spiro atoms. The number of nitrogens with zero attached hydrogens (tertiary/aromatic N) is 1. The van der Waals surface area contributed by atoms with Gasteiger partial charge in [-0.2, -0.15) is 5.26 Å². The molecule has 0 saturated carbocycles. The van der Waals surface area contributed by atoms with Crippen molar-refractivity contribution >= 4 is 12.0 Å². The van der Waals surface area contributed by atoms with Crippen LogP contribution in [0.4, 0.5) is 0 Å². The zero-order valence-electron chi connectivity index (χ0n) is 10.5. The standard InChI is InChI=1S/C14H15NO3/c1-3-17-13(16)9-8-11-6-5-7-12(10-15)14(11)18-4-2/h5-9H,3-4H2,1-2H3/b9-8+. The Morgan fingerprint density at radius 2 is 2.17 bits per heavy atom. The summed E-state index contributed by atoms with van der Waals surface area (Å²) >= 11 is 0. The molecule has 0 aliphatic carbocycles. The molecule has 0 aliphatic heterocycles. The number of esters is 1. The Balaban J connectivity index is 3.01. The number of rotatable bonds is 5. The van der Waals surface area contributed by atoms with Crippen LogP contribution in [-0.2, 0) is 9.53 Å². The van der Waals surface area contributed by atoms with Crippen LogP contribution in [0.3, 0.4) is 0 Å². The smallest absolute Gasteiger partial charge is 0.330 e. The van der Waals surface area contributed by atoms with E-state index in [9.17, 15) is 4.79 Å². The molecular formula is C14H15NO3. The molecular weight excluding hydrogens is 230 g/mol. The first-order chi connectivity index (χ1) is 8.72. The Kier molecular flexibility index (Phi) is 5.46. The van der Waals surface area contributed by atoms with Crippen molar-refractivity contribution in [1.29, 1.82) is 5.26 Å². The van der Waals surface area contributed by atoms with Gasteiger partial charge >= 0.3 is 5.97 Å². The zero-order valence-corrected chi connectivity index (χ0v) is 10.5. The first-order valence-corrected chi connectivity index (χ1v) is 5.73. The molecule has 0 N–H and O–H groups in total. The number of benzene rings is 1. The molecule has 1 aromatic rings. The average molecular weight is 245 g/mol. The van der Waals surface area contributed by atoms with Crippen LogP contribution in [-0.4, -0.2) is 19.2 Å². The molecule has 0 fully saturated rings. The number of carbonyl (C=O) groups excluding carboxylic acids is 1. The molecule has 94 valence electrons. The van der Waals surface area contributed by atoms with Crippen LogP contribution < -0.4 is 4.74 Å². The second-order valence-electron chi connectivity index (χ2n) is 3.35. The van der Waals surface area contributed by atoms with Crippen LogP contribution in [0, 0.1) is 11.3 Å². The van der Waals surface area contributed by atoms with Gasteiger partial charge < -0.3 is 9.47 Å². The molecule has 18 heavy (non-hydrogen) atoms. The van der Waals surface area contributed by atoms with E-state index in [-0.39, 0.29) is 0 Å². The Morgan fingerprint density at radius 1 is 1.39 bits per heavy atom. The minimum atomic E-state index is -0.415. The molecule has 0 amide bonds. The number of hydrogen-bond donors (Lipinski definition) is 0. The van der Waals surface area contributed by atoms with Gasteiger partial charge in [-0.15, -0.1) is 0 Å². The third kappa shape index (κ3) is 3.63. The monoisotopic (exact) mass is 245 g/mol. The topological polar surface area (TPSA) is 59.3 Å². The SMILES string of the molecule is CCOC(=O)/C=C/c1cccc(C#N)c1OCC. The lowest BCUT2D eigenvalue weighted by Gasteiger charge is -2.08. The highest BCUT2D eigenvalue weighted by Gasteiger charge is 2.07. The van der Waals surface area contributed by atoms with Gasteiger partial charge in [-0.1, -0.05) is 12.1 Å². The molecule has 1 aromatic carbocycles. The Morgan fingerprint density at radius 3 is 2.78 bits per heavy atom. The number of carbonyl (C=O) groups is 1. The van der Waals surface area contributed by atoms with Crippen molar-refractivity contribution in [2.75, 3.05) is 13.2 Å².